The molecular formula is C20H26N2O3. The second-order valence-corrected chi connectivity index (χ2v) is 5.65. The van der Waals surface area contributed by atoms with Crippen molar-refractivity contribution in [1.82, 2.24) is 10.6 Å². The lowest BCUT2D eigenvalue weighted by molar-refractivity contribution is -0.120. The predicted octanol–water partition coefficient (Wildman–Crippen LogP) is 2.54. The standard InChI is InChI=1S/C20H26N2O3/c1-24-18-9-5-3-7-16(18)11-14-22-20(23)12-13-21-15-17-8-4-6-10-19(17)25-2/h3-10,21H,11-15H2,1-2H3,(H,22,23). The van der Waals surface area contributed by atoms with Crippen LogP contribution in [0.15, 0.2) is 48.5 Å². The number of hydrogen-bond donors (Lipinski definition) is 2. The van der Waals surface area contributed by atoms with E-state index in [2.05, 4.69) is 10.6 Å². The van der Waals surface area contributed by atoms with Crippen LogP contribution in [0.5, 0.6) is 11.5 Å². The van der Waals surface area contributed by atoms with Gasteiger partial charge in [0.15, 0.2) is 0 Å². The molecule has 134 valence electrons. The number of hydrogen-bond acceptors (Lipinski definition) is 4. The number of methoxy groups -OCH3 is 2. The number of para-hydroxylation sites is 2. The molecule has 0 aliphatic heterocycles. The molecule has 0 aliphatic carbocycles. The molecule has 2 N–H and O–H groups in total. The van der Waals surface area contributed by atoms with E-state index in [1.165, 1.54) is 0 Å². The smallest absolute Gasteiger partial charge is 0.221 e. The summed E-state index contributed by atoms with van der Waals surface area (Å²) in [4.78, 5) is 11.9. The molecule has 0 heterocycles. The van der Waals surface area contributed by atoms with Gasteiger partial charge in [0.05, 0.1) is 14.2 Å². The molecule has 25 heavy (non-hydrogen) atoms. The van der Waals surface area contributed by atoms with Crippen molar-refractivity contribution in [2.75, 3.05) is 27.3 Å². The van der Waals surface area contributed by atoms with Gasteiger partial charge in [0.2, 0.25) is 5.91 Å². The Kier molecular flexibility index (Phi) is 7.79. The Morgan fingerprint density at radius 1 is 0.880 bits per heavy atom. The zero-order chi connectivity index (χ0) is 17.9. The first-order valence-electron chi connectivity index (χ1n) is 8.45. The topological polar surface area (TPSA) is 59.6 Å². The Morgan fingerprint density at radius 2 is 1.48 bits per heavy atom. The molecule has 5 nitrogen and oxygen atoms in total. The average molecular weight is 342 g/mol. The summed E-state index contributed by atoms with van der Waals surface area (Å²) in [5.41, 5.74) is 2.18. The molecule has 2 aromatic carbocycles. The first kappa shape index (κ1) is 18.8. The van der Waals surface area contributed by atoms with E-state index in [1.54, 1.807) is 14.2 Å². The maximum Gasteiger partial charge on any atom is 0.221 e. The molecule has 0 aliphatic rings. The highest BCUT2D eigenvalue weighted by Gasteiger charge is 2.05. The van der Waals surface area contributed by atoms with E-state index in [1.807, 2.05) is 48.5 Å². The van der Waals surface area contributed by atoms with E-state index in [9.17, 15) is 4.79 Å². The van der Waals surface area contributed by atoms with Crippen LogP contribution in [0.2, 0.25) is 0 Å². The van der Waals surface area contributed by atoms with Crippen LogP contribution < -0.4 is 20.1 Å². The fraction of sp³-hybridized carbons (Fsp3) is 0.350. The van der Waals surface area contributed by atoms with Crippen LogP contribution in [-0.2, 0) is 17.8 Å². The van der Waals surface area contributed by atoms with Gasteiger partial charge < -0.3 is 20.1 Å². The van der Waals surface area contributed by atoms with Crippen LogP contribution >= 0.6 is 0 Å². The number of nitrogens with one attached hydrogen (secondary N) is 2. The molecular weight excluding hydrogens is 316 g/mol. The molecule has 0 unspecified atom stereocenters. The summed E-state index contributed by atoms with van der Waals surface area (Å²) < 4.78 is 10.6. The number of carbonyl (C=O) groups excluding carboxylic acids is 1. The lowest BCUT2D eigenvalue weighted by Crippen LogP contribution is -2.29. The highest BCUT2D eigenvalue weighted by atomic mass is 16.5. The highest BCUT2D eigenvalue weighted by molar-refractivity contribution is 5.76. The molecule has 2 aromatic rings. The van der Waals surface area contributed by atoms with Gasteiger partial charge in [0, 0.05) is 31.6 Å². The largest absolute Gasteiger partial charge is 0.496 e. The Balaban J connectivity index is 1.64. The molecule has 0 radical (unpaired) electrons. The van der Waals surface area contributed by atoms with E-state index in [0.29, 0.717) is 26.1 Å². The number of rotatable bonds is 10. The summed E-state index contributed by atoms with van der Waals surface area (Å²) in [6, 6.07) is 15.7. The van der Waals surface area contributed by atoms with E-state index < -0.39 is 0 Å². The second-order valence-electron chi connectivity index (χ2n) is 5.65. The van der Waals surface area contributed by atoms with E-state index in [-0.39, 0.29) is 5.91 Å². The molecule has 0 fully saturated rings. The van der Waals surface area contributed by atoms with Gasteiger partial charge in [0.1, 0.15) is 11.5 Å². The first-order valence-corrected chi connectivity index (χ1v) is 8.45. The molecule has 5 heteroatoms. The third-order valence-electron chi connectivity index (χ3n) is 3.95. The fourth-order valence-corrected chi connectivity index (χ4v) is 2.61. The van der Waals surface area contributed by atoms with Gasteiger partial charge in [-0.15, -0.1) is 0 Å². The molecule has 0 saturated carbocycles. The lowest BCUT2D eigenvalue weighted by atomic mass is 10.1. The van der Waals surface area contributed by atoms with Crippen molar-refractivity contribution in [3.63, 3.8) is 0 Å². The Labute approximate surface area is 149 Å². The molecule has 1 amide bonds. The summed E-state index contributed by atoms with van der Waals surface area (Å²) >= 11 is 0. The van der Waals surface area contributed by atoms with Crippen LogP contribution in [0.25, 0.3) is 0 Å². The quantitative estimate of drug-likeness (QED) is 0.652. The first-order chi connectivity index (χ1) is 12.2. The van der Waals surface area contributed by atoms with Gasteiger partial charge in [-0.25, -0.2) is 0 Å². The van der Waals surface area contributed by atoms with Gasteiger partial charge in [-0.05, 0) is 24.1 Å². The minimum Gasteiger partial charge on any atom is -0.496 e. The highest BCUT2D eigenvalue weighted by Crippen LogP contribution is 2.17. The third-order valence-corrected chi connectivity index (χ3v) is 3.95. The van der Waals surface area contributed by atoms with Crippen molar-refractivity contribution in [3.8, 4) is 11.5 Å². The Hall–Kier alpha value is -2.53. The fourth-order valence-electron chi connectivity index (χ4n) is 2.61. The predicted molar refractivity (Wildman–Crippen MR) is 99.0 cm³/mol. The third kappa shape index (κ3) is 6.12. The number of benzene rings is 2. The average Bonchev–Trinajstić information content (AvgIpc) is 2.66. The van der Waals surface area contributed by atoms with Crippen LogP contribution in [0.3, 0.4) is 0 Å². The van der Waals surface area contributed by atoms with Crippen LogP contribution in [0, 0.1) is 0 Å². The summed E-state index contributed by atoms with van der Waals surface area (Å²) in [5, 5.41) is 6.22. The van der Waals surface area contributed by atoms with Crippen molar-refractivity contribution in [3.05, 3.63) is 59.7 Å². The van der Waals surface area contributed by atoms with Crippen LogP contribution in [0.1, 0.15) is 17.5 Å². The SMILES string of the molecule is COc1ccccc1CCNC(=O)CCNCc1ccccc1OC. The van der Waals surface area contributed by atoms with Crippen molar-refractivity contribution in [1.29, 1.82) is 0 Å². The zero-order valence-electron chi connectivity index (χ0n) is 14.9. The van der Waals surface area contributed by atoms with Crippen molar-refractivity contribution in [2.45, 2.75) is 19.4 Å². The summed E-state index contributed by atoms with van der Waals surface area (Å²) in [6.07, 6.45) is 1.20. The number of ether oxygens (including phenoxy) is 2. The normalized spacial score (nSPS) is 10.3. The minimum atomic E-state index is 0.0439. The van der Waals surface area contributed by atoms with Crippen LogP contribution in [0.4, 0.5) is 0 Å². The van der Waals surface area contributed by atoms with Crippen molar-refractivity contribution < 1.29 is 14.3 Å². The molecule has 0 atom stereocenters. The van der Waals surface area contributed by atoms with Gasteiger partial charge in [-0.3, -0.25) is 4.79 Å². The molecule has 0 bridgehead atoms. The summed E-state index contributed by atoms with van der Waals surface area (Å²) in [7, 11) is 3.32. The Bertz CT molecular complexity index is 673. The molecule has 2 rings (SSSR count). The number of carbonyl (C=O) groups is 1. The zero-order valence-corrected chi connectivity index (χ0v) is 14.9. The van der Waals surface area contributed by atoms with Gasteiger partial charge >= 0.3 is 0 Å². The van der Waals surface area contributed by atoms with Crippen LogP contribution in [-0.4, -0.2) is 33.2 Å². The second kappa shape index (κ2) is 10.4. The molecule has 0 aromatic heterocycles. The van der Waals surface area contributed by atoms with Gasteiger partial charge in [-0.1, -0.05) is 36.4 Å². The molecule has 0 saturated heterocycles. The Morgan fingerprint density at radius 3 is 2.16 bits per heavy atom. The van der Waals surface area contributed by atoms with E-state index >= 15 is 0 Å². The maximum absolute atomic E-state index is 11.9. The van der Waals surface area contributed by atoms with Gasteiger partial charge in [0.25, 0.3) is 0 Å². The summed E-state index contributed by atoms with van der Waals surface area (Å²) in [6.45, 7) is 1.91. The van der Waals surface area contributed by atoms with E-state index in [4.69, 9.17) is 9.47 Å². The minimum absolute atomic E-state index is 0.0439. The monoisotopic (exact) mass is 342 g/mol. The molecule has 0 spiro atoms. The summed E-state index contributed by atoms with van der Waals surface area (Å²) in [5.74, 6) is 1.76. The lowest BCUT2D eigenvalue weighted by Gasteiger charge is -2.10. The van der Waals surface area contributed by atoms with Crippen molar-refractivity contribution in [2.24, 2.45) is 0 Å². The number of amides is 1. The van der Waals surface area contributed by atoms with Gasteiger partial charge in [-0.2, -0.15) is 0 Å². The van der Waals surface area contributed by atoms with Crippen molar-refractivity contribution >= 4 is 5.91 Å². The maximum atomic E-state index is 11.9. The van der Waals surface area contributed by atoms with E-state index in [0.717, 1.165) is 29.0 Å².